The molecule has 1 aromatic heterocycles. The molecule has 0 bridgehead atoms. The summed E-state index contributed by atoms with van der Waals surface area (Å²) < 4.78 is 19.9. The highest BCUT2D eigenvalue weighted by Gasteiger charge is 2.18. The number of hydrogen-bond acceptors (Lipinski definition) is 4. The van der Waals surface area contributed by atoms with Gasteiger partial charge in [0.15, 0.2) is 6.61 Å². The molecule has 25 heavy (non-hydrogen) atoms. The van der Waals surface area contributed by atoms with Crippen molar-refractivity contribution in [1.82, 2.24) is 14.7 Å². The van der Waals surface area contributed by atoms with Gasteiger partial charge in [0.1, 0.15) is 5.82 Å². The zero-order valence-corrected chi connectivity index (χ0v) is 14.6. The number of aromatic nitrogens is 2. The second-order valence-electron chi connectivity index (χ2n) is 6.11. The zero-order valence-electron chi connectivity index (χ0n) is 14.6. The topological polar surface area (TPSA) is 64.4 Å². The van der Waals surface area contributed by atoms with E-state index in [-0.39, 0.29) is 18.3 Å². The Hall–Kier alpha value is -2.70. The number of nitrogens with zero attached hydrogens (tertiary/aromatic N) is 3. The Labute approximate surface area is 146 Å². The number of ether oxygens (including phenoxy) is 1. The summed E-state index contributed by atoms with van der Waals surface area (Å²) in [7, 11) is 3.44. The fraction of sp³-hybridized carbons (Fsp3) is 0.389. The fourth-order valence-corrected chi connectivity index (χ4v) is 2.40. The number of halogens is 1. The highest BCUT2D eigenvalue weighted by Crippen LogP contribution is 2.12. The lowest BCUT2D eigenvalue weighted by Crippen LogP contribution is -2.31. The summed E-state index contributed by atoms with van der Waals surface area (Å²) in [6.07, 6.45) is 3.85. The Kier molecular flexibility index (Phi) is 6.27. The predicted octanol–water partition coefficient (Wildman–Crippen LogP) is 1.94. The van der Waals surface area contributed by atoms with Crippen molar-refractivity contribution in [3.63, 3.8) is 0 Å². The molecule has 2 aromatic rings. The minimum Gasteiger partial charge on any atom is -0.455 e. The number of rotatable bonds is 7. The second kappa shape index (κ2) is 8.41. The molecule has 0 spiro atoms. The lowest BCUT2D eigenvalue weighted by Gasteiger charge is -2.17. The van der Waals surface area contributed by atoms with Crippen LogP contribution in [-0.4, -0.2) is 40.2 Å². The molecule has 2 rings (SSSR count). The van der Waals surface area contributed by atoms with Crippen molar-refractivity contribution in [2.24, 2.45) is 13.0 Å². The molecule has 0 fully saturated rings. The van der Waals surface area contributed by atoms with Crippen LogP contribution in [-0.2, 0) is 34.3 Å². The van der Waals surface area contributed by atoms with E-state index in [9.17, 15) is 14.0 Å². The van der Waals surface area contributed by atoms with Crippen molar-refractivity contribution >= 4 is 11.9 Å². The first-order valence-corrected chi connectivity index (χ1v) is 7.97. The van der Waals surface area contributed by atoms with E-state index in [2.05, 4.69) is 5.10 Å². The summed E-state index contributed by atoms with van der Waals surface area (Å²) in [5.41, 5.74) is 1.61. The van der Waals surface area contributed by atoms with Crippen LogP contribution in [0.5, 0.6) is 0 Å². The van der Waals surface area contributed by atoms with Gasteiger partial charge in [-0.3, -0.25) is 14.3 Å². The third kappa shape index (κ3) is 5.70. The Morgan fingerprint density at radius 3 is 2.76 bits per heavy atom. The Bertz CT molecular complexity index is 745. The molecule has 1 unspecified atom stereocenters. The SMILES string of the molecule is CC(Cc1cccc(F)c1)C(=O)OCC(=O)N(C)Cc1cnn(C)c1. The molecule has 0 aliphatic heterocycles. The van der Waals surface area contributed by atoms with Crippen LogP contribution in [0, 0.1) is 11.7 Å². The van der Waals surface area contributed by atoms with E-state index in [4.69, 9.17) is 4.74 Å². The first kappa shape index (κ1) is 18.6. The quantitative estimate of drug-likeness (QED) is 0.718. The number of amides is 1. The second-order valence-corrected chi connectivity index (χ2v) is 6.11. The van der Waals surface area contributed by atoms with Gasteiger partial charge in [-0.1, -0.05) is 19.1 Å². The van der Waals surface area contributed by atoms with Gasteiger partial charge >= 0.3 is 5.97 Å². The maximum atomic E-state index is 13.2. The minimum absolute atomic E-state index is 0.296. The summed E-state index contributed by atoms with van der Waals surface area (Å²) >= 11 is 0. The van der Waals surface area contributed by atoms with E-state index in [1.54, 1.807) is 44.0 Å². The molecule has 1 heterocycles. The van der Waals surface area contributed by atoms with E-state index in [0.29, 0.717) is 18.5 Å². The molecule has 0 saturated carbocycles. The normalized spacial score (nSPS) is 11.8. The number of carbonyl (C=O) groups is 2. The van der Waals surface area contributed by atoms with Crippen molar-refractivity contribution in [3.05, 3.63) is 53.6 Å². The largest absolute Gasteiger partial charge is 0.455 e. The molecule has 0 radical (unpaired) electrons. The van der Waals surface area contributed by atoms with Crippen LogP contribution in [0.25, 0.3) is 0 Å². The van der Waals surface area contributed by atoms with Gasteiger partial charge in [0.05, 0.1) is 12.1 Å². The summed E-state index contributed by atoms with van der Waals surface area (Å²) in [6, 6.07) is 6.08. The standard InChI is InChI=1S/C18H22FN3O3/c1-13(7-14-5-4-6-16(19)8-14)18(24)25-12-17(23)21(2)10-15-9-20-22(3)11-15/h4-6,8-9,11,13H,7,10,12H2,1-3H3. The van der Waals surface area contributed by atoms with Gasteiger partial charge in [0.2, 0.25) is 0 Å². The van der Waals surface area contributed by atoms with Gasteiger partial charge in [0, 0.05) is 32.4 Å². The molecule has 0 saturated heterocycles. The molecule has 7 heteroatoms. The molecule has 1 atom stereocenters. The molecule has 1 amide bonds. The number of carbonyl (C=O) groups excluding carboxylic acids is 2. The molecule has 0 N–H and O–H groups in total. The highest BCUT2D eigenvalue weighted by molar-refractivity contribution is 5.81. The number of hydrogen-bond donors (Lipinski definition) is 0. The van der Waals surface area contributed by atoms with Crippen molar-refractivity contribution in [1.29, 1.82) is 0 Å². The maximum Gasteiger partial charge on any atom is 0.309 e. The minimum atomic E-state index is -0.479. The fourth-order valence-electron chi connectivity index (χ4n) is 2.40. The molecule has 134 valence electrons. The van der Waals surface area contributed by atoms with Crippen LogP contribution in [0.3, 0.4) is 0 Å². The average molecular weight is 347 g/mol. The Morgan fingerprint density at radius 2 is 2.12 bits per heavy atom. The molecular weight excluding hydrogens is 325 g/mol. The van der Waals surface area contributed by atoms with E-state index >= 15 is 0 Å². The van der Waals surface area contributed by atoms with Crippen LogP contribution < -0.4 is 0 Å². The summed E-state index contributed by atoms with van der Waals surface area (Å²) in [5.74, 6) is -1.58. The number of aryl methyl sites for hydroxylation is 1. The van der Waals surface area contributed by atoms with E-state index in [1.807, 2.05) is 6.20 Å². The van der Waals surface area contributed by atoms with Gasteiger partial charge < -0.3 is 9.64 Å². The maximum absolute atomic E-state index is 13.2. The monoisotopic (exact) mass is 347 g/mol. The van der Waals surface area contributed by atoms with Crippen LogP contribution in [0.15, 0.2) is 36.7 Å². The molecule has 6 nitrogen and oxygen atoms in total. The first-order chi connectivity index (χ1) is 11.8. The summed E-state index contributed by atoms with van der Waals surface area (Å²) in [5, 5.41) is 4.04. The third-order valence-electron chi connectivity index (χ3n) is 3.78. The molecular formula is C18H22FN3O3. The Morgan fingerprint density at radius 1 is 1.36 bits per heavy atom. The van der Waals surface area contributed by atoms with Crippen molar-refractivity contribution in [3.8, 4) is 0 Å². The van der Waals surface area contributed by atoms with E-state index in [0.717, 1.165) is 5.56 Å². The van der Waals surface area contributed by atoms with Crippen LogP contribution in [0.2, 0.25) is 0 Å². The summed E-state index contributed by atoms with van der Waals surface area (Å²) in [6.45, 7) is 1.77. The van der Waals surface area contributed by atoms with E-state index < -0.39 is 11.9 Å². The molecule has 0 aliphatic rings. The van der Waals surface area contributed by atoms with E-state index in [1.165, 1.54) is 17.0 Å². The number of likely N-dealkylation sites (N-methyl/N-ethyl adjacent to an activating group) is 1. The van der Waals surface area contributed by atoms with Gasteiger partial charge in [-0.2, -0.15) is 5.10 Å². The van der Waals surface area contributed by atoms with Crippen LogP contribution in [0.1, 0.15) is 18.1 Å². The van der Waals surface area contributed by atoms with Gasteiger partial charge in [-0.15, -0.1) is 0 Å². The lowest BCUT2D eigenvalue weighted by molar-refractivity contribution is -0.154. The van der Waals surface area contributed by atoms with Crippen molar-refractivity contribution < 1.29 is 18.7 Å². The molecule has 1 aromatic carbocycles. The van der Waals surface area contributed by atoms with Gasteiger partial charge in [0.25, 0.3) is 5.91 Å². The van der Waals surface area contributed by atoms with Crippen molar-refractivity contribution in [2.45, 2.75) is 19.9 Å². The Balaban J connectivity index is 1.78. The average Bonchev–Trinajstić information content (AvgIpc) is 2.97. The highest BCUT2D eigenvalue weighted by atomic mass is 19.1. The predicted molar refractivity (Wildman–Crippen MR) is 89.9 cm³/mol. The number of benzene rings is 1. The van der Waals surface area contributed by atoms with Gasteiger partial charge in [-0.05, 0) is 24.1 Å². The third-order valence-corrected chi connectivity index (χ3v) is 3.78. The molecule has 0 aliphatic carbocycles. The van der Waals surface area contributed by atoms with Gasteiger partial charge in [-0.25, -0.2) is 4.39 Å². The van der Waals surface area contributed by atoms with Crippen molar-refractivity contribution in [2.75, 3.05) is 13.7 Å². The van der Waals surface area contributed by atoms with Crippen LogP contribution >= 0.6 is 0 Å². The number of esters is 1. The summed E-state index contributed by atoms with van der Waals surface area (Å²) in [4.78, 5) is 25.6. The first-order valence-electron chi connectivity index (χ1n) is 7.97. The smallest absolute Gasteiger partial charge is 0.309 e. The van der Waals surface area contributed by atoms with Crippen LogP contribution in [0.4, 0.5) is 4.39 Å². The zero-order chi connectivity index (χ0) is 18.4. The lowest BCUT2D eigenvalue weighted by atomic mass is 10.0.